The molecule has 0 aliphatic heterocycles. The van der Waals surface area contributed by atoms with Gasteiger partial charge >= 0.3 is 0 Å². The van der Waals surface area contributed by atoms with Gasteiger partial charge in [0, 0.05) is 0 Å². The van der Waals surface area contributed by atoms with Crippen molar-refractivity contribution in [3.05, 3.63) is 0 Å². The van der Waals surface area contributed by atoms with Gasteiger partial charge in [0.25, 0.3) is 0 Å². The van der Waals surface area contributed by atoms with Gasteiger partial charge in [0.15, 0.2) is 0 Å². The lowest BCUT2D eigenvalue weighted by molar-refractivity contribution is -0.181. The van der Waals surface area contributed by atoms with Gasteiger partial charge in [0.05, 0.1) is 5.60 Å². The van der Waals surface area contributed by atoms with E-state index in [-0.39, 0.29) is 5.60 Å². The van der Waals surface area contributed by atoms with Gasteiger partial charge in [0.1, 0.15) is 0 Å². The van der Waals surface area contributed by atoms with E-state index in [2.05, 4.69) is 5.32 Å². The number of hydrogen-bond acceptors (Lipinski definition) is 4. The molecule has 0 amide bonds. The van der Waals surface area contributed by atoms with E-state index in [0.717, 1.165) is 32.4 Å². The number of aliphatic hydroxyl groups is 1. The molecule has 0 fully saturated rings. The summed E-state index contributed by atoms with van der Waals surface area (Å²) < 4.78 is 5.26. The maximum absolute atomic E-state index is 9.38. The van der Waals surface area contributed by atoms with Crippen LogP contribution >= 0.6 is 0 Å². The quantitative estimate of drug-likeness (QED) is 0.424. The van der Waals surface area contributed by atoms with E-state index in [1.54, 1.807) is 0 Å². The van der Waals surface area contributed by atoms with E-state index in [1.807, 2.05) is 20.8 Å². The van der Waals surface area contributed by atoms with Crippen LogP contribution in [0.2, 0.25) is 0 Å². The van der Waals surface area contributed by atoms with Crippen LogP contribution in [0.4, 0.5) is 0 Å². The van der Waals surface area contributed by atoms with Gasteiger partial charge in [-0.25, -0.2) is 0 Å². The molecule has 0 aromatic heterocycles. The summed E-state index contributed by atoms with van der Waals surface area (Å²) in [5.74, 6) is 0. The highest BCUT2D eigenvalue weighted by Crippen LogP contribution is 2.07. The molecule has 14 heavy (non-hydrogen) atoms. The Morgan fingerprint density at radius 2 is 1.93 bits per heavy atom. The standard InChI is InChI=1S/C10H24N2O2/c1-10(2,3)14-9(13)12-8-6-4-5-7-11/h9,12-13H,4-8,11H2,1-3H3. The molecule has 0 bridgehead atoms. The van der Waals surface area contributed by atoms with Crippen LogP contribution in [-0.2, 0) is 4.74 Å². The third-order valence-corrected chi connectivity index (χ3v) is 1.67. The molecule has 0 spiro atoms. The first-order valence-corrected chi connectivity index (χ1v) is 5.25. The zero-order valence-electron chi connectivity index (χ0n) is 9.55. The van der Waals surface area contributed by atoms with Gasteiger partial charge in [-0.1, -0.05) is 6.42 Å². The summed E-state index contributed by atoms with van der Waals surface area (Å²) >= 11 is 0. The lowest BCUT2D eigenvalue weighted by Gasteiger charge is -2.24. The highest BCUT2D eigenvalue weighted by atomic mass is 16.6. The van der Waals surface area contributed by atoms with Crippen LogP contribution < -0.4 is 11.1 Å². The van der Waals surface area contributed by atoms with Gasteiger partial charge in [0.2, 0.25) is 6.41 Å². The van der Waals surface area contributed by atoms with Crippen LogP contribution in [0.15, 0.2) is 0 Å². The second kappa shape index (κ2) is 7.17. The fourth-order valence-corrected chi connectivity index (χ4v) is 1.05. The molecule has 0 aromatic carbocycles. The largest absolute Gasteiger partial charge is 0.356 e. The molecule has 0 aliphatic carbocycles. The predicted octanol–water partition coefficient (Wildman–Crippen LogP) is 0.796. The van der Waals surface area contributed by atoms with Gasteiger partial charge in [-0.3, -0.25) is 5.32 Å². The van der Waals surface area contributed by atoms with Gasteiger partial charge < -0.3 is 15.6 Å². The summed E-state index contributed by atoms with van der Waals surface area (Å²) in [5, 5.41) is 12.3. The molecule has 0 aromatic rings. The fourth-order valence-electron chi connectivity index (χ4n) is 1.05. The van der Waals surface area contributed by atoms with Crippen LogP contribution in [0.3, 0.4) is 0 Å². The molecular formula is C10H24N2O2. The van der Waals surface area contributed by atoms with Crippen LogP contribution in [0.25, 0.3) is 0 Å². The number of unbranched alkanes of at least 4 members (excludes halogenated alkanes) is 2. The highest BCUT2D eigenvalue weighted by Gasteiger charge is 2.15. The van der Waals surface area contributed by atoms with Crippen molar-refractivity contribution < 1.29 is 9.84 Å². The molecule has 4 N–H and O–H groups in total. The van der Waals surface area contributed by atoms with Gasteiger partial charge in [-0.2, -0.15) is 0 Å². The second-order valence-electron chi connectivity index (χ2n) is 4.39. The average Bonchev–Trinajstić information content (AvgIpc) is 2.00. The van der Waals surface area contributed by atoms with Crippen molar-refractivity contribution in [2.75, 3.05) is 13.1 Å². The molecule has 86 valence electrons. The van der Waals surface area contributed by atoms with Crippen LogP contribution in [0.1, 0.15) is 40.0 Å². The minimum Gasteiger partial charge on any atom is -0.356 e. The maximum Gasteiger partial charge on any atom is 0.214 e. The molecule has 0 saturated carbocycles. The Morgan fingerprint density at radius 1 is 1.29 bits per heavy atom. The molecular weight excluding hydrogens is 180 g/mol. The van der Waals surface area contributed by atoms with Crippen molar-refractivity contribution in [2.24, 2.45) is 5.73 Å². The average molecular weight is 204 g/mol. The minimum absolute atomic E-state index is 0.316. The third-order valence-electron chi connectivity index (χ3n) is 1.67. The first kappa shape index (κ1) is 13.8. The summed E-state index contributed by atoms with van der Waals surface area (Å²) in [6, 6.07) is 0. The van der Waals surface area contributed by atoms with Gasteiger partial charge in [-0.05, 0) is 46.7 Å². The number of ether oxygens (including phenoxy) is 1. The number of nitrogens with one attached hydrogen (secondary N) is 1. The Morgan fingerprint density at radius 3 is 2.43 bits per heavy atom. The van der Waals surface area contributed by atoms with Crippen molar-refractivity contribution in [3.8, 4) is 0 Å². The maximum atomic E-state index is 9.38. The summed E-state index contributed by atoms with van der Waals surface area (Å²) in [5.41, 5.74) is 5.04. The molecule has 4 heteroatoms. The molecule has 4 nitrogen and oxygen atoms in total. The van der Waals surface area contributed by atoms with E-state index in [4.69, 9.17) is 10.5 Å². The summed E-state index contributed by atoms with van der Waals surface area (Å²) in [6.45, 7) is 7.23. The van der Waals surface area contributed by atoms with E-state index < -0.39 is 6.41 Å². The van der Waals surface area contributed by atoms with E-state index in [9.17, 15) is 5.11 Å². The molecule has 1 unspecified atom stereocenters. The normalized spacial score (nSPS) is 14.4. The number of nitrogens with two attached hydrogens (primary N) is 1. The smallest absolute Gasteiger partial charge is 0.214 e. The van der Waals surface area contributed by atoms with Crippen molar-refractivity contribution in [3.63, 3.8) is 0 Å². The zero-order chi connectivity index (χ0) is 11.0. The van der Waals surface area contributed by atoms with Crippen molar-refractivity contribution in [1.82, 2.24) is 5.32 Å². The molecule has 1 atom stereocenters. The SMILES string of the molecule is CC(C)(C)OC(O)NCCCCCN. The van der Waals surface area contributed by atoms with Crippen LogP contribution in [0, 0.1) is 0 Å². The molecule has 0 aliphatic rings. The predicted molar refractivity (Wildman–Crippen MR) is 57.8 cm³/mol. The van der Waals surface area contributed by atoms with Crippen molar-refractivity contribution in [1.29, 1.82) is 0 Å². The Hall–Kier alpha value is -0.160. The lowest BCUT2D eigenvalue weighted by Crippen LogP contribution is -2.38. The Labute approximate surface area is 86.8 Å². The topological polar surface area (TPSA) is 67.5 Å². The van der Waals surface area contributed by atoms with Gasteiger partial charge in [-0.15, -0.1) is 0 Å². The Balaban J connectivity index is 3.31. The molecule has 0 radical (unpaired) electrons. The highest BCUT2D eigenvalue weighted by molar-refractivity contribution is 4.59. The lowest BCUT2D eigenvalue weighted by atomic mass is 10.2. The molecule has 0 heterocycles. The Bertz CT molecular complexity index is 135. The van der Waals surface area contributed by atoms with Crippen molar-refractivity contribution >= 4 is 0 Å². The molecule has 0 rings (SSSR count). The number of aliphatic hydroxyl groups excluding tert-OH is 1. The first-order valence-electron chi connectivity index (χ1n) is 5.25. The first-order chi connectivity index (χ1) is 6.45. The third kappa shape index (κ3) is 9.92. The monoisotopic (exact) mass is 204 g/mol. The zero-order valence-corrected chi connectivity index (χ0v) is 9.55. The number of hydrogen-bond donors (Lipinski definition) is 3. The van der Waals surface area contributed by atoms with E-state index in [1.165, 1.54) is 0 Å². The number of rotatable bonds is 7. The summed E-state index contributed by atoms with van der Waals surface area (Å²) in [4.78, 5) is 0. The van der Waals surface area contributed by atoms with Crippen LogP contribution in [-0.4, -0.2) is 30.2 Å². The van der Waals surface area contributed by atoms with E-state index >= 15 is 0 Å². The van der Waals surface area contributed by atoms with Crippen LogP contribution in [0.5, 0.6) is 0 Å². The summed E-state index contributed by atoms with van der Waals surface area (Å²) in [6.07, 6.45) is 2.28. The Kier molecular flexibility index (Phi) is 7.09. The fraction of sp³-hybridized carbons (Fsp3) is 1.00. The van der Waals surface area contributed by atoms with E-state index in [0.29, 0.717) is 0 Å². The van der Waals surface area contributed by atoms with Crippen molar-refractivity contribution in [2.45, 2.75) is 52.0 Å². The summed E-state index contributed by atoms with van der Waals surface area (Å²) in [7, 11) is 0. The minimum atomic E-state index is -0.868. The second-order valence-corrected chi connectivity index (χ2v) is 4.39. The molecule has 0 saturated heterocycles.